The number of nitrogens with one attached hydrogen (secondary N) is 2. The summed E-state index contributed by atoms with van der Waals surface area (Å²) in [5.41, 5.74) is 0.572. The molecule has 0 bridgehead atoms. The van der Waals surface area contributed by atoms with E-state index in [1.807, 2.05) is 0 Å². The zero-order valence-corrected chi connectivity index (χ0v) is 17.3. The molecule has 1 saturated carbocycles. The maximum absolute atomic E-state index is 13.4. The Kier molecular flexibility index (Phi) is 6.36. The number of hydrogen-bond acceptors (Lipinski definition) is 5. The number of rotatable bonds is 6. The summed E-state index contributed by atoms with van der Waals surface area (Å²) in [5, 5.41) is 6.73. The Morgan fingerprint density at radius 2 is 1.87 bits per heavy atom. The third kappa shape index (κ3) is 5.32. The summed E-state index contributed by atoms with van der Waals surface area (Å²) in [6.45, 7) is -0.210. The van der Waals surface area contributed by atoms with Crippen LogP contribution >= 0.6 is 11.6 Å². The molecule has 7 nitrogen and oxygen atoms in total. The largest absolute Gasteiger partial charge is 0.484 e. The van der Waals surface area contributed by atoms with Crippen molar-refractivity contribution in [1.29, 1.82) is 0 Å². The molecule has 1 aliphatic carbocycles. The molecule has 4 rings (SSSR count). The van der Waals surface area contributed by atoms with Crippen LogP contribution in [0, 0.1) is 5.82 Å². The Morgan fingerprint density at radius 3 is 2.58 bits per heavy atom. The van der Waals surface area contributed by atoms with Gasteiger partial charge >= 0.3 is 0 Å². The quantitative estimate of drug-likeness (QED) is 0.601. The predicted octanol–water partition coefficient (Wildman–Crippen LogP) is 3.86. The van der Waals surface area contributed by atoms with Gasteiger partial charge in [-0.3, -0.25) is 14.6 Å². The second-order valence-electron chi connectivity index (χ2n) is 7.48. The van der Waals surface area contributed by atoms with E-state index >= 15 is 0 Å². The number of amides is 2. The first kappa shape index (κ1) is 21.1. The number of aromatic nitrogens is 1. The average molecular weight is 446 g/mol. The SMILES string of the molecule is O=C(COc1ccc(Cl)c(F)c1)NC1CCC(NC(=O)c2cc3ccncc3o2)CC1. The van der Waals surface area contributed by atoms with Crippen molar-refractivity contribution in [2.75, 3.05) is 6.61 Å². The van der Waals surface area contributed by atoms with Gasteiger partial charge in [-0.25, -0.2) is 4.39 Å². The fourth-order valence-corrected chi connectivity index (χ4v) is 3.74. The number of benzene rings is 1. The zero-order valence-electron chi connectivity index (χ0n) is 16.6. The normalized spacial score (nSPS) is 18.5. The molecule has 1 aliphatic rings. The summed E-state index contributed by atoms with van der Waals surface area (Å²) in [6.07, 6.45) is 6.16. The smallest absolute Gasteiger partial charge is 0.287 e. The molecule has 0 saturated heterocycles. The van der Waals surface area contributed by atoms with Gasteiger partial charge in [-0.1, -0.05) is 11.6 Å². The molecule has 0 radical (unpaired) electrons. The first-order chi connectivity index (χ1) is 15.0. The first-order valence-electron chi connectivity index (χ1n) is 9.99. The summed E-state index contributed by atoms with van der Waals surface area (Å²) in [5.74, 6) is -0.635. The van der Waals surface area contributed by atoms with Crippen LogP contribution in [-0.4, -0.2) is 35.5 Å². The fourth-order valence-electron chi connectivity index (χ4n) is 3.62. The van der Waals surface area contributed by atoms with Crippen LogP contribution in [-0.2, 0) is 4.79 Å². The van der Waals surface area contributed by atoms with E-state index in [9.17, 15) is 14.0 Å². The second-order valence-corrected chi connectivity index (χ2v) is 7.89. The van der Waals surface area contributed by atoms with Crippen LogP contribution < -0.4 is 15.4 Å². The van der Waals surface area contributed by atoms with Gasteiger partial charge in [-0.15, -0.1) is 0 Å². The standard InChI is InChI=1S/C22H21ClFN3O4/c23-17-6-5-16(10-18(17)24)30-12-21(28)26-14-1-3-15(4-2-14)27-22(29)19-9-13-7-8-25-11-20(13)31-19/h5-11,14-15H,1-4,12H2,(H,26,28)(H,27,29). The first-order valence-corrected chi connectivity index (χ1v) is 10.4. The monoisotopic (exact) mass is 445 g/mol. The number of nitrogens with zero attached hydrogens (tertiary/aromatic N) is 1. The van der Waals surface area contributed by atoms with E-state index in [0.717, 1.165) is 37.1 Å². The highest BCUT2D eigenvalue weighted by Gasteiger charge is 2.25. The highest BCUT2D eigenvalue weighted by atomic mass is 35.5. The van der Waals surface area contributed by atoms with Crippen LogP contribution in [0.3, 0.4) is 0 Å². The Hall–Kier alpha value is -3.13. The molecule has 2 aromatic heterocycles. The lowest BCUT2D eigenvalue weighted by atomic mass is 9.91. The highest BCUT2D eigenvalue weighted by Crippen LogP contribution is 2.22. The molecule has 162 valence electrons. The van der Waals surface area contributed by atoms with Crippen molar-refractivity contribution >= 4 is 34.4 Å². The van der Waals surface area contributed by atoms with Gasteiger partial charge in [0.1, 0.15) is 11.6 Å². The molecule has 2 amide bonds. The molecule has 3 aromatic rings. The Morgan fingerprint density at radius 1 is 1.13 bits per heavy atom. The van der Waals surface area contributed by atoms with Crippen molar-refractivity contribution in [1.82, 2.24) is 15.6 Å². The van der Waals surface area contributed by atoms with Gasteiger partial charge in [0.05, 0.1) is 11.2 Å². The number of pyridine rings is 1. The van der Waals surface area contributed by atoms with Crippen molar-refractivity contribution < 1.29 is 23.1 Å². The number of carbonyl (C=O) groups excluding carboxylic acids is 2. The summed E-state index contributed by atoms with van der Waals surface area (Å²) < 4.78 is 24.3. The minimum atomic E-state index is -0.598. The predicted molar refractivity (Wildman–Crippen MR) is 113 cm³/mol. The number of ether oxygens (including phenoxy) is 1. The maximum atomic E-state index is 13.4. The average Bonchev–Trinajstić information content (AvgIpc) is 3.20. The van der Waals surface area contributed by atoms with Crippen molar-refractivity contribution in [2.24, 2.45) is 0 Å². The van der Waals surface area contributed by atoms with E-state index in [1.54, 1.807) is 24.5 Å². The van der Waals surface area contributed by atoms with Gasteiger partial charge in [0.2, 0.25) is 0 Å². The second kappa shape index (κ2) is 9.34. The molecule has 0 unspecified atom stereocenters. The Labute approximate surface area is 182 Å². The molecule has 1 aromatic carbocycles. The summed E-state index contributed by atoms with van der Waals surface area (Å²) in [4.78, 5) is 28.6. The molecule has 2 N–H and O–H groups in total. The topological polar surface area (TPSA) is 93.5 Å². The zero-order chi connectivity index (χ0) is 21.8. The number of halogens is 2. The van der Waals surface area contributed by atoms with Crippen LogP contribution in [0.5, 0.6) is 5.75 Å². The summed E-state index contributed by atoms with van der Waals surface area (Å²) in [7, 11) is 0. The van der Waals surface area contributed by atoms with Crippen molar-refractivity contribution in [3.8, 4) is 5.75 Å². The van der Waals surface area contributed by atoms with Crippen LogP contribution in [0.2, 0.25) is 5.02 Å². The third-order valence-corrected chi connectivity index (χ3v) is 5.54. The van der Waals surface area contributed by atoms with Crippen molar-refractivity contribution in [3.63, 3.8) is 0 Å². The van der Waals surface area contributed by atoms with Crippen LogP contribution in [0.1, 0.15) is 36.2 Å². The minimum absolute atomic E-state index is 0.00187. The van der Waals surface area contributed by atoms with Gasteiger partial charge in [-0.05, 0) is 49.9 Å². The molecule has 1 fully saturated rings. The van der Waals surface area contributed by atoms with Gasteiger partial charge in [0, 0.05) is 29.7 Å². The molecular weight excluding hydrogens is 425 g/mol. The summed E-state index contributed by atoms with van der Waals surface area (Å²) >= 11 is 5.62. The van der Waals surface area contributed by atoms with E-state index in [2.05, 4.69) is 15.6 Å². The molecule has 0 spiro atoms. The number of hydrogen-bond donors (Lipinski definition) is 2. The van der Waals surface area contributed by atoms with Crippen LogP contribution in [0.4, 0.5) is 4.39 Å². The molecule has 0 aliphatic heterocycles. The fraction of sp³-hybridized carbons (Fsp3) is 0.318. The van der Waals surface area contributed by atoms with Gasteiger partial charge < -0.3 is 19.8 Å². The molecule has 2 heterocycles. The lowest BCUT2D eigenvalue weighted by Crippen LogP contribution is -2.44. The molecule has 9 heteroatoms. The van der Waals surface area contributed by atoms with Crippen molar-refractivity contribution in [3.05, 3.63) is 59.3 Å². The van der Waals surface area contributed by atoms with E-state index in [0.29, 0.717) is 5.58 Å². The van der Waals surface area contributed by atoms with Gasteiger partial charge in [0.15, 0.2) is 18.0 Å². The van der Waals surface area contributed by atoms with E-state index in [1.165, 1.54) is 12.1 Å². The van der Waals surface area contributed by atoms with Gasteiger partial charge in [0.25, 0.3) is 11.8 Å². The molecule has 0 atom stereocenters. The van der Waals surface area contributed by atoms with E-state index in [-0.39, 0.29) is 47.0 Å². The lowest BCUT2D eigenvalue weighted by molar-refractivity contribution is -0.124. The van der Waals surface area contributed by atoms with Gasteiger partial charge in [-0.2, -0.15) is 0 Å². The number of fused-ring (bicyclic) bond motifs is 1. The number of furan rings is 1. The molecular formula is C22H21ClFN3O4. The van der Waals surface area contributed by atoms with E-state index < -0.39 is 5.82 Å². The van der Waals surface area contributed by atoms with Crippen LogP contribution in [0.25, 0.3) is 11.0 Å². The maximum Gasteiger partial charge on any atom is 0.287 e. The number of carbonyl (C=O) groups is 2. The summed E-state index contributed by atoms with van der Waals surface area (Å²) in [6, 6.07) is 7.53. The molecule has 31 heavy (non-hydrogen) atoms. The third-order valence-electron chi connectivity index (χ3n) is 5.24. The van der Waals surface area contributed by atoms with E-state index in [4.69, 9.17) is 20.8 Å². The Balaban J connectivity index is 1.20. The van der Waals surface area contributed by atoms with Crippen LogP contribution in [0.15, 0.2) is 47.1 Å². The Bertz CT molecular complexity index is 1060. The minimum Gasteiger partial charge on any atom is -0.484 e. The lowest BCUT2D eigenvalue weighted by Gasteiger charge is -2.29. The van der Waals surface area contributed by atoms with Crippen molar-refractivity contribution in [2.45, 2.75) is 37.8 Å². The highest BCUT2D eigenvalue weighted by molar-refractivity contribution is 6.30.